The molecule has 0 saturated carbocycles. The SMILES string of the molecule is COC(=O)[C@H](C)NC1CC(C)(C)OC1(C)C. The lowest BCUT2D eigenvalue weighted by atomic mass is 9.94. The molecule has 94 valence electrons. The Labute approximate surface area is 97.7 Å². The third-order valence-electron chi connectivity index (χ3n) is 3.08. The zero-order valence-corrected chi connectivity index (χ0v) is 11.1. The minimum absolute atomic E-state index is 0.142. The fraction of sp³-hybridized carbons (Fsp3) is 0.917. The Morgan fingerprint density at radius 2 is 2.00 bits per heavy atom. The minimum atomic E-state index is -0.299. The van der Waals surface area contributed by atoms with Crippen LogP contribution in [0.1, 0.15) is 41.0 Å². The number of ether oxygens (including phenoxy) is 2. The van der Waals surface area contributed by atoms with E-state index in [9.17, 15) is 4.79 Å². The normalized spacial score (nSPS) is 28.8. The zero-order valence-electron chi connectivity index (χ0n) is 11.1. The van der Waals surface area contributed by atoms with Crippen LogP contribution in [0.15, 0.2) is 0 Å². The lowest BCUT2D eigenvalue weighted by Crippen LogP contribution is -2.49. The van der Waals surface area contributed by atoms with Gasteiger partial charge in [0.1, 0.15) is 6.04 Å². The molecule has 4 nitrogen and oxygen atoms in total. The molecule has 2 atom stereocenters. The van der Waals surface area contributed by atoms with E-state index in [0.29, 0.717) is 0 Å². The van der Waals surface area contributed by atoms with Crippen LogP contribution < -0.4 is 5.32 Å². The Morgan fingerprint density at radius 3 is 2.38 bits per heavy atom. The van der Waals surface area contributed by atoms with Crippen LogP contribution in [-0.4, -0.2) is 36.4 Å². The standard InChI is InChI=1S/C12H23NO3/c1-8(10(14)15-6)13-9-7-11(2,3)16-12(9,4)5/h8-9,13H,7H2,1-6H3/t8-,9?/m0/s1. The van der Waals surface area contributed by atoms with Crippen LogP contribution in [-0.2, 0) is 14.3 Å². The van der Waals surface area contributed by atoms with E-state index in [1.807, 2.05) is 20.8 Å². The van der Waals surface area contributed by atoms with Crippen LogP contribution in [0.2, 0.25) is 0 Å². The molecule has 1 aliphatic rings. The maximum Gasteiger partial charge on any atom is 0.322 e. The smallest absolute Gasteiger partial charge is 0.322 e. The number of hydrogen-bond acceptors (Lipinski definition) is 4. The quantitative estimate of drug-likeness (QED) is 0.745. The fourth-order valence-corrected chi connectivity index (χ4v) is 2.37. The summed E-state index contributed by atoms with van der Waals surface area (Å²) in [6.45, 7) is 10.0. The highest BCUT2D eigenvalue weighted by Gasteiger charge is 2.46. The predicted molar refractivity (Wildman–Crippen MR) is 62.3 cm³/mol. The Morgan fingerprint density at radius 1 is 1.44 bits per heavy atom. The number of hydrogen-bond donors (Lipinski definition) is 1. The van der Waals surface area contributed by atoms with Crippen molar-refractivity contribution in [1.82, 2.24) is 5.32 Å². The third-order valence-corrected chi connectivity index (χ3v) is 3.08. The number of nitrogens with one attached hydrogen (secondary N) is 1. The maximum atomic E-state index is 11.3. The molecule has 1 fully saturated rings. The zero-order chi connectivity index (χ0) is 12.6. The summed E-state index contributed by atoms with van der Waals surface area (Å²) in [5, 5.41) is 3.28. The van der Waals surface area contributed by atoms with Gasteiger partial charge in [-0.3, -0.25) is 10.1 Å². The van der Waals surface area contributed by atoms with Crippen molar-refractivity contribution in [3.8, 4) is 0 Å². The number of methoxy groups -OCH3 is 1. The first kappa shape index (κ1) is 13.5. The van der Waals surface area contributed by atoms with E-state index < -0.39 is 0 Å². The van der Waals surface area contributed by atoms with E-state index >= 15 is 0 Å². The molecule has 4 heteroatoms. The second kappa shape index (κ2) is 4.34. The van der Waals surface area contributed by atoms with Gasteiger partial charge in [-0.25, -0.2) is 0 Å². The molecule has 1 saturated heterocycles. The van der Waals surface area contributed by atoms with Crippen LogP contribution in [0.4, 0.5) is 0 Å². The first-order chi connectivity index (χ1) is 7.18. The van der Waals surface area contributed by atoms with Crippen LogP contribution in [0, 0.1) is 0 Å². The number of esters is 1. The van der Waals surface area contributed by atoms with Gasteiger partial charge >= 0.3 is 5.97 Å². The van der Waals surface area contributed by atoms with Gasteiger partial charge in [-0.2, -0.15) is 0 Å². The topological polar surface area (TPSA) is 47.6 Å². The third kappa shape index (κ3) is 2.95. The van der Waals surface area contributed by atoms with Gasteiger partial charge in [0.25, 0.3) is 0 Å². The highest BCUT2D eigenvalue weighted by Crippen LogP contribution is 2.37. The molecule has 1 unspecified atom stereocenters. The van der Waals surface area contributed by atoms with Gasteiger partial charge in [0.05, 0.1) is 18.3 Å². The molecule has 0 radical (unpaired) electrons. The number of carbonyl (C=O) groups is 1. The van der Waals surface area contributed by atoms with Crippen LogP contribution in [0.3, 0.4) is 0 Å². The first-order valence-electron chi connectivity index (χ1n) is 5.72. The van der Waals surface area contributed by atoms with Gasteiger partial charge < -0.3 is 9.47 Å². The van der Waals surface area contributed by atoms with Gasteiger partial charge in [-0.1, -0.05) is 0 Å². The van der Waals surface area contributed by atoms with Gasteiger partial charge in [0.2, 0.25) is 0 Å². The van der Waals surface area contributed by atoms with E-state index in [0.717, 1.165) is 6.42 Å². The van der Waals surface area contributed by atoms with E-state index in [-0.39, 0.29) is 29.3 Å². The Kier molecular flexibility index (Phi) is 3.65. The molecule has 1 rings (SSSR count). The molecule has 0 aliphatic carbocycles. The first-order valence-corrected chi connectivity index (χ1v) is 5.72. The van der Waals surface area contributed by atoms with Crippen molar-refractivity contribution in [2.45, 2.75) is 64.3 Å². The summed E-state index contributed by atoms with van der Waals surface area (Å²) in [6.07, 6.45) is 0.890. The average molecular weight is 229 g/mol. The summed E-state index contributed by atoms with van der Waals surface area (Å²) >= 11 is 0. The lowest BCUT2D eigenvalue weighted by molar-refractivity contribution is -0.143. The van der Waals surface area contributed by atoms with E-state index in [4.69, 9.17) is 9.47 Å². The fourth-order valence-electron chi connectivity index (χ4n) is 2.37. The van der Waals surface area contributed by atoms with Crippen molar-refractivity contribution in [3.05, 3.63) is 0 Å². The summed E-state index contributed by atoms with van der Waals surface area (Å²) in [6, 6.07) is -0.136. The molecular weight excluding hydrogens is 206 g/mol. The van der Waals surface area contributed by atoms with E-state index in [1.165, 1.54) is 7.11 Å². The molecular formula is C12H23NO3. The maximum absolute atomic E-state index is 11.3. The summed E-state index contributed by atoms with van der Waals surface area (Å²) in [5.74, 6) is -0.236. The summed E-state index contributed by atoms with van der Waals surface area (Å²) in [7, 11) is 1.40. The van der Waals surface area contributed by atoms with Gasteiger partial charge in [0.15, 0.2) is 0 Å². The van der Waals surface area contributed by atoms with Crippen LogP contribution in [0.5, 0.6) is 0 Å². The van der Waals surface area contributed by atoms with Crippen molar-refractivity contribution >= 4 is 5.97 Å². The lowest BCUT2D eigenvalue weighted by Gasteiger charge is -2.29. The second-order valence-electron chi connectivity index (χ2n) is 5.63. The molecule has 0 aromatic heterocycles. The molecule has 1 N–H and O–H groups in total. The van der Waals surface area contributed by atoms with Crippen LogP contribution in [0.25, 0.3) is 0 Å². The highest BCUT2D eigenvalue weighted by molar-refractivity contribution is 5.75. The predicted octanol–water partition coefficient (Wildman–Crippen LogP) is 1.48. The number of rotatable bonds is 3. The molecule has 1 aliphatic heterocycles. The Hall–Kier alpha value is -0.610. The van der Waals surface area contributed by atoms with Gasteiger partial charge in [0, 0.05) is 6.04 Å². The van der Waals surface area contributed by atoms with E-state index in [2.05, 4.69) is 19.2 Å². The Bertz CT molecular complexity index is 273. The Balaban J connectivity index is 2.64. The van der Waals surface area contributed by atoms with Gasteiger partial charge in [-0.15, -0.1) is 0 Å². The average Bonchev–Trinajstić information content (AvgIpc) is 2.32. The molecule has 0 aromatic carbocycles. The molecule has 0 spiro atoms. The largest absolute Gasteiger partial charge is 0.468 e. The van der Waals surface area contributed by atoms with E-state index in [1.54, 1.807) is 0 Å². The van der Waals surface area contributed by atoms with Crippen LogP contribution >= 0.6 is 0 Å². The van der Waals surface area contributed by atoms with Crippen molar-refractivity contribution in [2.24, 2.45) is 0 Å². The minimum Gasteiger partial charge on any atom is -0.468 e. The van der Waals surface area contributed by atoms with Gasteiger partial charge in [-0.05, 0) is 41.0 Å². The molecule has 0 bridgehead atoms. The second-order valence-corrected chi connectivity index (χ2v) is 5.63. The monoisotopic (exact) mass is 229 g/mol. The number of carbonyl (C=O) groups excluding carboxylic acids is 1. The summed E-state index contributed by atoms with van der Waals surface area (Å²) < 4.78 is 10.6. The summed E-state index contributed by atoms with van der Waals surface area (Å²) in [4.78, 5) is 11.3. The highest BCUT2D eigenvalue weighted by atomic mass is 16.5. The van der Waals surface area contributed by atoms with Crippen molar-refractivity contribution in [2.75, 3.05) is 7.11 Å². The van der Waals surface area contributed by atoms with Crippen molar-refractivity contribution in [3.63, 3.8) is 0 Å². The molecule has 16 heavy (non-hydrogen) atoms. The molecule has 0 amide bonds. The van der Waals surface area contributed by atoms with Crippen molar-refractivity contribution < 1.29 is 14.3 Å². The van der Waals surface area contributed by atoms with Crippen molar-refractivity contribution in [1.29, 1.82) is 0 Å². The summed E-state index contributed by atoms with van der Waals surface area (Å²) in [5.41, 5.74) is -0.400. The molecule has 0 aromatic rings. The molecule has 1 heterocycles.